The van der Waals surface area contributed by atoms with Crippen LogP contribution in [0.2, 0.25) is 0 Å². The molecule has 2 fully saturated rings. The van der Waals surface area contributed by atoms with E-state index in [0.717, 1.165) is 36.7 Å². The Morgan fingerprint density at radius 3 is 1.79 bits per heavy atom. The van der Waals surface area contributed by atoms with E-state index in [0.29, 0.717) is 26.4 Å². The van der Waals surface area contributed by atoms with Crippen molar-refractivity contribution in [3.8, 4) is 0 Å². The van der Waals surface area contributed by atoms with Crippen molar-refractivity contribution in [3.05, 3.63) is 71.8 Å². The second-order valence-electron chi connectivity index (χ2n) is 11.9. The molecular formula is C35H52O3. The highest BCUT2D eigenvalue weighted by atomic mass is 16.6. The Hall–Kier alpha value is -1.68. The molecule has 0 saturated heterocycles. The highest BCUT2D eigenvalue weighted by Crippen LogP contribution is 2.42. The number of benzene rings is 2. The standard InChI is InChI=1S/C35H52O3/c1-2-9-29-14-18-33(19-15-29)34-20-16-31(17-21-34)23-25-38-35(28-37-26-32-12-7-4-8-13-32)27-36-24-22-30-10-5-3-6-11-30/h3-8,10-13,29,31,33-35H,2,9,14-28H2,1H3. The van der Waals surface area contributed by atoms with Gasteiger partial charge in [-0.05, 0) is 73.3 Å². The first kappa shape index (κ1) is 29.3. The highest BCUT2D eigenvalue weighted by molar-refractivity contribution is 5.14. The molecule has 0 aromatic heterocycles. The molecule has 0 heterocycles. The third-order valence-electron chi connectivity index (χ3n) is 9.12. The quantitative estimate of drug-likeness (QED) is 0.207. The van der Waals surface area contributed by atoms with Crippen LogP contribution in [0.4, 0.5) is 0 Å². The first-order valence-electron chi connectivity index (χ1n) is 15.6. The lowest BCUT2D eigenvalue weighted by Crippen LogP contribution is -2.28. The minimum Gasteiger partial charge on any atom is -0.378 e. The largest absolute Gasteiger partial charge is 0.378 e. The van der Waals surface area contributed by atoms with E-state index in [1.54, 1.807) is 0 Å². The average molecular weight is 521 g/mol. The average Bonchev–Trinajstić information content (AvgIpc) is 2.97. The van der Waals surface area contributed by atoms with Gasteiger partial charge in [0.15, 0.2) is 0 Å². The first-order valence-corrected chi connectivity index (χ1v) is 15.6. The van der Waals surface area contributed by atoms with Gasteiger partial charge >= 0.3 is 0 Å². The normalized spacial score (nSPS) is 24.8. The van der Waals surface area contributed by atoms with Gasteiger partial charge in [-0.25, -0.2) is 0 Å². The van der Waals surface area contributed by atoms with Crippen LogP contribution in [0.3, 0.4) is 0 Å². The molecule has 0 spiro atoms. The summed E-state index contributed by atoms with van der Waals surface area (Å²) in [7, 11) is 0. The fourth-order valence-electron chi connectivity index (χ4n) is 6.78. The maximum Gasteiger partial charge on any atom is 0.104 e. The van der Waals surface area contributed by atoms with Crippen LogP contribution in [0.25, 0.3) is 0 Å². The molecule has 4 rings (SSSR count). The van der Waals surface area contributed by atoms with Gasteiger partial charge in [0.2, 0.25) is 0 Å². The molecule has 38 heavy (non-hydrogen) atoms. The smallest absolute Gasteiger partial charge is 0.104 e. The van der Waals surface area contributed by atoms with Crippen LogP contribution < -0.4 is 0 Å². The van der Waals surface area contributed by atoms with E-state index in [-0.39, 0.29) is 6.10 Å². The summed E-state index contributed by atoms with van der Waals surface area (Å²) >= 11 is 0. The SMILES string of the molecule is CCCC1CCC(C2CCC(CCOC(COCCc3ccccc3)COCc3ccccc3)CC2)CC1. The topological polar surface area (TPSA) is 27.7 Å². The van der Waals surface area contributed by atoms with Crippen LogP contribution in [0.1, 0.15) is 88.7 Å². The van der Waals surface area contributed by atoms with E-state index in [1.165, 1.54) is 81.8 Å². The van der Waals surface area contributed by atoms with Gasteiger partial charge in [0.25, 0.3) is 0 Å². The van der Waals surface area contributed by atoms with Crippen molar-refractivity contribution in [2.45, 2.75) is 96.7 Å². The van der Waals surface area contributed by atoms with E-state index in [1.807, 2.05) is 6.07 Å². The summed E-state index contributed by atoms with van der Waals surface area (Å²) in [5.74, 6) is 3.86. The van der Waals surface area contributed by atoms with E-state index in [4.69, 9.17) is 14.2 Å². The molecule has 0 radical (unpaired) electrons. The summed E-state index contributed by atoms with van der Waals surface area (Å²) < 4.78 is 18.4. The van der Waals surface area contributed by atoms with Crippen LogP contribution in [0.5, 0.6) is 0 Å². The summed E-state index contributed by atoms with van der Waals surface area (Å²) in [4.78, 5) is 0. The zero-order valence-corrected chi connectivity index (χ0v) is 23.9. The summed E-state index contributed by atoms with van der Waals surface area (Å²) in [6.07, 6.45) is 16.6. The van der Waals surface area contributed by atoms with Gasteiger partial charge in [-0.15, -0.1) is 0 Å². The summed E-state index contributed by atoms with van der Waals surface area (Å²) in [6, 6.07) is 20.9. The molecule has 0 bridgehead atoms. The van der Waals surface area contributed by atoms with Gasteiger partial charge in [-0.3, -0.25) is 0 Å². The maximum absolute atomic E-state index is 6.36. The first-order chi connectivity index (χ1) is 18.8. The van der Waals surface area contributed by atoms with E-state index in [9.17, 15) is 0 Å². The third-order valence-corrected chi connectivity index (χ3v) is 9.12. The molecule has 0 amide bonds. The molecule has 3 heteroatoms. The van der Waals surface area contributed by atoms with Crippen molar-refractivity contribution in [1.82, 2.24) is 0 Å². The molecule has 2 aliphatic rings. The van der Waals surface area contributed by atoms with E-state index < -0.39 is 0 Å². The monoisotopic (exact) mass is 520 g/mol. The molecule has 2 saturated carbocycles. The molecule has 0 N–H and O–H groups in total. The fraction of sp³-hybridized carbons (Fsp3) is 0.657. The Bertz CT molecular complexity index is 838. The van der Waals surface area contributed by atoms with Crippen molar-refractivity contribution in [3.63, 3.8) is 0 Å². The molecular weight excluding hydrogens is 468 g/mol. The number of hydrogen-bond donors (Lipinski definition) is 0. The van der Waals surface area contributed by atoms with Gasteiger partial charge in [-0.2, -0.15) is 0 Å². The van der Waals surface area contributed by atoms with Crippen molar-refractivity contribution < 1.29 is 14.2 Å². The molecule has 2 aromatic rings. The zero-order valence-electron chi connectivity index (χ0n) is 23.9. The Kier molecular flexibility index (Phi) is 13.2. The van der Waals surface area contributed by atoms with Crippen LogP contribution >= 0.6 is 0 Å². The predicted molar refractivity (Wildman–Crippen MR) is 157 cm³/mol. The zero-order chi connectivity index (χ0) is 26.3. The number of hydrogen-bond acceptors (Lipinski definition) is 3. The molecule has 0 aliphatic heterocycles. The van der Waals surface area contributed by atoms with Crippen LogP contribution in [-0.2, 0) is 27.2 Å². The molecule has 210 valence electrons. The maximum atomic E-state index is 6.36. The van der Waals surface area contributed by atoms with Crippen LogP contribution in [0.15, 0.2) is 60.7 Å². The van der Waals surface area contributed by atoms with Crippen LogP contribution in [0, 0.1) is 23.7 Å². The summed E-state index contributed by atoms with van der Waals surface area (Å²) in [5.41, 5.74) is 2.52. The Labute approximate surface area is 232 Å². The Balaban J connectivity index is 1.13. The second-order valence-corrected chi connectivity index (χ2v) is 11.9. The number of ether oxygens (including phenoxy) is 3. The Morgan fingerprint density at radius 2 is 1.18 bits per heavy atom. The van der Waals surface area contributed by atoms with E-state index in [2.05, 4.69) is 61.5 Å². The predicted octanol–water partition coefficient (Wildman–Crippen LogP) is 8.65. The van der Waals surface area contributed by atoms with Gasteiger partial charge in [0, 0.05) is 6.61 Å². The van der Waals surface area contributed by atoms with Crippen molar-refractivity contribution in [1.29, 1.82) is 0 Å². The summed E-state index contributed by atoms with van der Waals surface area (Å²) in [5, 5.41) is 0. The highest BCUT2D eigenvalue weighted by Gasteiger charge is 2.30. The molecule has 3 nitrogen and oxygen atoms in total. The lowest BCUT2D eigenvalue weighted by Gasteiger charge is -2.38. The fourth-order valence-corrected chi connectivity index (χ4v) is 6.78. The molecule has 1 unspecified atom stereocenters. The lowest BCUT2D eigenvalue weighted by atomic mass is 9.68. The molecule has 2 aliphatic carbocycles. The van der Waals surface area contributed by atoms with Crippen molar-refractivity contribution in [2.75, 3.05) is 26.4 Å². The lowest BCUT2D eigenvalue weighted by molar-refractivity contribution is -0.0666. The van der Waals surface area contributed by atoms with Crippen molar-refractivity contribution >= 4 is 0 Å². The van der Waals surface area contributed by atoms with E-state index >= 15 is 0 Å². The second kappa shape index (κ2) is 17.1. The minimum absolute atomic E-state index is 0.0101. The molecule has 2 aromatic carbocycles. The summed E-state index contributed by atoms with van der Waals surface area (Å²) in [6.45, 7) is 5.67. The molecule has 1 atom stereocenters. The van der Waals surface area contributed by atoms with Gasteiger partial charge in [0.05, 0.1) is 26.4 Å². The van der Waals surface area contributed by atoms with Gasteiger partial charge in [-0.1, -0.05) is 106 Å². The van der Waals surface area contributed by atoms with Crippen LogP contribution in [-0.4, -0.2) is 32.5 Å². The van der Waals surface area contributed by atoms with Gasteiger partial charge < -0.3 is 14.2 Å². The minimum atomic E-state index is -0.0101. The number of rotatable bonds is 16. The third kappa shape index (κ3) is 10.5. The van der Waals surface area contributed by atoms with Gasteiger partial charge in [0.1, 0.15) is 6.10 Å². The Morgan fingerprint density at radius 1 is 0.632 bits per heavy atom. The van der Waals surface area contributed by atoms with Crippen molar-refractivity contribution in [2.24, 2.45) is 23.7 Å².